The summed E-state index contributed by atoms with van der Waals surface area (Å²) in [4.78, 5) is 12.6. The summed E-state index contributed by atoms with van der Waals surface area (Å²) in [6, 6.07) is 0. The van der Waals surface area contributed by atoms with Gasteiger partial charge in [0.25, 0.3) is 0 Å². The quantitative estimate of drug-likeness (QED) is 0.748. The smallest absolute Gasteiger partial charge is 0.414 e. The van der Waals surface area contributed by atoms with Gasteiger partial charge in [0.1, 0.15) is 5.76 Å². The van der Waals surface area contributed by atoms with Crippen LogP contribution in [-0.2, 0) is 4.74 Å². The van der Waals surface area contributed by atoms with Gasteiger partial charge in [0.05, 0.1) is 11.9 Å². The van der Waals surface area contributed by atoms with Crippen LogP contribution in [0.4, 0.5) is 4.79 Å². The zero-order chi connectivity index (χ0) is 12.3. The molecule has 0 radical (unpaired) electrons. The van der Waals surface area contributed by atoms with Crippen molar-refractivity contribution in [2.75, 3.05) is 14.1 Å². The van der Waals surface area contributed by atoms with Crippen molar-refractivity contribution in [3.8, 4) is 0 Å². The third kappa shape index (κ3) is 3.27. The van der Waals surface area contributed by atoms with Gasteiger partial charge in [-0.15, -0.1) is 0 Å². The molecule has 1 rings (SSSR count). The van der Waals surface area contributed by atoms with Crippen LogP contribution in [0.2, 0.25) is 0 Å². The van der Waals surface area contributed by atoms with Crippen molar-refractivity contribution in [1.82, 2.24) is 4.90 Å². The Morgan fingerprint density at radius 2 is 2.25 bits per heavy atom. The summed E-state index contributed by atoms with van der Waals surface area (Å²) in [5.41, 5.74) is 0. The summed E-state index contributed by atoms with van der Waals surface area (Å²) in [5, 5.41) is 18.9. The van der Waals surface area contributed by atoms with Crippen LogP contribution in [0, 0.1) is 5.92 Å². The monoisotopic (exact) mass is 227 g/mol. The lowest BCUT2D eigenvalue weighted by atomic mass is 9.94. The van der Waals surface area contributed by atoms with E-state index < -0.39 is 12.2 Å². The SMILES string of the molecule is CC(O)C1C=C(OC(=O)N(C)C)C=C(O)C1. The fourth-order valence-corrected chi connectivity index (χ4v) is 1.35. The van der Waals surface area contributed by atoms with E-state index in [1.807, 2.05) is 0 Å². The Kier molecular flexibility index (Phi) is 3.95. The first kappa shape index (κ1) is 12.6. The van der Waals surface area contributed by atoms with E-state index in [0.717, 1.165) is 0 Å². The number of rotatable bonds is 2. The van der Waals surface area contributed by atoms with Gasteiger partial charge >= 0.3 is 6.09 Å². The van der Waals surface area contributed by atoms with Crippen molar-refractivity contribution in [2.45, 2.75) is 19.4 Å². The molecule has 1 aliphatic carbocycles. The molecule has 16 heavy (non-hydrogen) atoms. The van der Waals surface area contributed by atoms with Crippen molar-refractivity contribution >= 4 is 6.09 Å². The summed E-state index contributed by atoms with van der Waals surface area (Å²) in [7, 11) is 3.14. The van der Waals surface area contributed by atoms with Crippen LogP contribution in [0.1, 0.15) is 13.3 Å². The average Bonchev–Trinajstić information content (AvgIpc) is 2.16. The van der Waals surface area contributed by atoms with Crippen molar-refractivity contribution in [3.63, 3.8) is 0 Å². The number of hydrogen-bond acceptors (Lipinski definition) is 4. The standard InChI is InChI=1S/C11H17NO4/c1-7(13)8-4-9(14)6-10(5-8)16-11(15)12(2)3/h5-8,13-14H,4H2,1-3H3. The second-order valence-corrected chi connectivity index (χ2v) is 4.08. The highest BCUT2D eigenvalue weighted by Gasteiger charge is 2.21. The van der Waals surface area contributed by atoms with E-state index in [1.54, 1.807) is 27.1 Å². The fourth-order valence-electron chi connectivity index (χ4n) is 1.35. The highest BCUT2D eigenvalue weighted by atomic mass is 16.6. The molecular formula is C11H17NO4. The first-order valence-corrected chi connectivity index (χ1v) is 5.08. The van der Waals surface area contributed by atoms with Gasteiger partial charge in [-0.1, -0.05) is 0 Å². The molecule has 2 atom stereocenters. The highest BCUT2D eigenvalue weighted by molar-refractivity contribution is 5.68. The van der Waals surface area contributed by atoms with E-state index in [1.165, 1.54) is 11.0 Å². The zero-order valence-corrected chi connectivity index (χ0v) is 9.67. The van der Waals surface area contributed by atoms with Gasteiger partial charge < -0.3 is 19.8 Å². The molecule has 0 aromatic carbocycles. The number of nitrogens with zero attached hydrogens (tertiary/aromatic N) is 1. The number of allylic oxidation sites excluding steroid dienone is 2. The molecule has 2 unspecified atom stereocenters. The first-order valence-electron chi connectivity index (χ1n) is 5.08. The Morgan fingerprint density at radius 3 is 2.75 bits per heavy atom. The summed E-state index contributed by atoms with van der Waals surface area (Å²) in [6.07, 6.45) is 2.29. The number of aliphatic hydroxyl groups excluding tert-OH is 2. The lowest BCUT2D eigenvalue weighted by Gasteiger charge is -2.21. The Balaban J connectivity index is 2.74. The van der Waals surface area contributed by atoms with E-state index in [4.69, 9.17) is 4.74 Å². The number of carbonyl (C=O) groups is 1. The van der Waals surface area contributed by atoms with E-state index in [0.29, 0.717) is 6.42 Å². The molecular weight excluding hydrogens is 210 g/mol. The molecule has 0 spiro atoms. The van der Waals surface area contributed by atoms with Crippen LogP contribution in [0.3, 0.4) is 0 Å². The van der Waals surface area contributed by atoms with Gasteiger partial charge in [0.2, 0.25) is 0 Å². The maximum atomic E-state index is 11.3. The molecule has 0 saturated carbocycles. The third-order valence-corrected chi connectivity index (χ3v) is 2.32. The largest absolute Gasteiger partial charge is 0.512 e. The molecule has 1 aliphatic rings. The molecule has 0 bridgehead atoms. The number of carbonyl (C=O) groups excluding carboxylic acids is 1. The molecule has 0 aromatic heterocycles. The number of aliphatic hydroxyl groups is 2. The molecule has 5 nitrogen and oxygen atoms in total. The van der Waals surface area contributed by atoms with Crippen LogP contribution < -0.4 is 0 Å². The van der Waals surface area contributed by atoms with Crippen LogP contribution in [0.15, 0.2) is 23.7 Å². The minimum atomic E-state index is -0.594. The molecule has 5 heteroatoms. The van der Waals surface area contributed by atoms with Crippen LogP contribution >= 0.6 is 0 Å². The molecule has 0 aromatic rings. The van der Waals surface area contributed by atoms with E-state index in [9.17, 15) is 15.0 Å². The van der Waals surface area contributed by atoms with Crippen molar-refractivity contribution in [2.24, 2.45) is 5.92 Å². The van der Waals surface area contributed by atoms with E-state index >= 15 is 0 Å². The van der Waals surface area contributed by atoms with Crippen LogP contribution in [0.5, 0.6) is 0 Å². The van der Waals surface area contributed by atoms with Gasteiger partial charge in [-0.2, -0.15) is 0 Å². The zero-order valence-electron chi connectivity index (χ0n) is 9.67. The Hall–Kier alpha value is -1.49. The van der Waals surface area contributed by atoms with E-state index in [2.05, 4.69) is 0 Å². The van der Waals surface area contributed by atoms with Crippen LogP contribution in [-0.4, -0.2) is 41.4 Å². The lowest BCUT2D eigenvalue weighted by molar-refractivity contribution is 0.128. The summed E-state index contributed by atoms with van der Waals surface area (Å²) >= 11 is 0. The van der Waals surface area contributed by atoms with Gasteiger partial charge in [0.15, 0.2) is 0 Å². The Labute approximate surface area is 94.6 Å². The fraction of sp³-hybridized carbons (Fsp3) is 0.545. The topological polar surface area (TPSA) is 70.0 Å². The second kappa shape index (κ2) is 5.03. The predicted octanol–water partition coefficient (Wildman–Crippen LogP) is 1.41. The first-order chi connectivity index (χ1) is 7.40. The van der Waals surface area contributed by atoms with Gasteiger partial charge in [-0.05, 0) is 13.0 Å². The molecule has 0 saturated heterocycles. The number of ether oxygens (including phenoxy) is 1. The second-order valence-electron chi connectivity index (χ2n) is 4.08. The maximum absolute atomic E-state index is 11.3. The molecule has 0 aliphatic heterocycles. The highest BCUT2D eigenvalue weighted by Crippen LogP contribution is 2.24. The number of amides is 1. The Bertz CT molecular complexity index is 331. The van der Waals surface area contributed by atoms with Gasteiger partial charge in [-0.25, -0.2) is 4.79 Å². The third-order valence-electron chi connectivity index (χ3n) is 2.32. The van der Waals surface area contributed by atoms with E-state index in [-0.39, 0.29) is 17.4 Å². The van der Waals surface area contributed by atoms with Crippen molar-refractivity contribution < 1.29 is 19.7 Å². The maximum Gasteiger partial charge on any atom is 0.414 e. The summed E-state index contributed by atoms with van der Waals surface area (Å²) in [5.74, 6) is 0.151. The summed E-state index contributed by atoms with van der Waals surface area (Å²) in [6.45, 7) is 1.63. The lowest BCUT2D eigenvalue weighted by Crippen LogP contribution is -2.24. The molecule has 2 N–H and O–H groups in total. The molecule has 90 valence electrons. The molecule has 1 amide bonds. The summed E-state index contributed by atoms with van der Waals surface area (Å²) < 4.78 is 5.00. The van der Waals surface area contributed by atoms with Gasteiger partial charge in [-0.3, -0.25) is 0 Å². The van der Waals surface area contributed by atoms with Crippen molar-refractivity contribution in [1.29, 1.82) is 0 Å². The molecule has 0 heterocycles. The minimum absolute atomic E-state index is 0.106. The van der Waals surface area contributed by atoms with Gasteiger partial charge in [0, 0.05) is 32.5 Å². The minimum Gasteiger partial charge on any atom is -0.512 e. The number of hydrogen-bond donors (Lipinski definition) is 2. The van der Waals surface area contributed by atoms with Crippen molar-refractivity contribution in [3.05, 3.63) is 23.7 Å². The average molecular weight is 227 g/mol. The molecule has 0 fully saturated rings. The normalized spacial score (nSPS) is 21.9. The van der Waals surface area contributed by atoms with Crippen LogP contribution in [0.25, 0.3) is 0 Å². The predicted molar refractivity (Wildman–Crippen MR) is 58.8 cm³/mol. The Morgan fingerprint density at radius 1 is 1.62 bits per heavy atom.